The van der Waals surface area contributed by atoms with Crippen molar-refractivity contribution in [1.82, 2.24) is 20.3 Å². The molecule has 2 aromatic rings. The molecule has 2 rings (SSSR count). The number of hydrogen-bond acceptors (Lipinski definition) is 6. The number of pyridine rings is 1. The van der Waals surface area contributed by atoms with Gasteiger partial charge in [-0.15, -0.1) is 4.41 Å². The topological polar surface area (TPSA) is 118 Å². The number of amides is 2. The maximum absolute atomic E-state index is 13.5. The molecule has 1 aromatic heterocycles. The summed E-state index contributed by atoms with van der Waals surface area (Å²) in [5.74, 6) is -2.26. The number of hydrazine groups is 1. The Morgan fingerprint density at radius 2 is 1.63 bits per heavy atom. The van der Waals surface area contributed by atoms with E-state index in [2.05, 4.69) is 15.9 Å². The molecule has 1 heterocycles. The van der Waals surface area contributed by atoms with E-state index < -0.39 is 33.7 Å². The van der Waals surface area contributed by atoms with Crippen molar-refractivity contribution in [3.05, 3.63) is 66.0 Å². The van der Waals surface area contributed by atoms with Crippen molar-refractivity contribution in [2.24, 2.45) is 23.7 Å². The van der Waals surface area contributed by atoms with Gasteiger partial charge in [-0.1, -0.05) is 64.1 Å². The lowest BCUT2D eigenvalue weighted by Gasteiger charge is -2.30. The van der Waals surface area contributed by atoms with Gasteiger partial charge in [-0.05, 0) is 54.7 Å². The van der Waals surface area contributed by atoms with Crippen LogP contribution in [0.15, 0.2) is 54.9 Å². The highest BCUT2D eigenvalue weighted by molar-refractivity contribution is 7.88. The van der Waals surface area contributed by atoms with Crippen molar-refractivity contribution < 1.29 is 22.8 Å². The van der Waals surface area contributed by atoms with Gasteiger partial charge in [0.05, 0.1) is 24.7 Å². The van der Waals surface area contributed by atoms with Crippen LogP contribution in [0.3, 0.4) is 0 Å². The average Bonchev–Trinajstić information content (AvgIpc) is 2.85. The van der Waals surface area contributed by atoms with Gasteiger partial charge in [0.15, 0.2) is 0 Å². The van der Waals surface area contributed by atoms with Gasteiger partial charge in [0, 0.05) is 18.9 Å². The van der Waals surface area contributed by atoms with Gasteiger partial charge in [0.2, 0.25) is 21.8 Å². The molecule has 0 aliphatic carbocycles. The smallest absolute Gasteiger partial charge is 0.247 e. The van der Waals surface area contributed by atoms with Crippen molar-refractivity contribution >= 4 is 21.8 Å². The van der Waals surface area contributed by atoms with Crippen LogP contribution in [0.1, 0.15) is 58.1 Å². The minimum absolute atomic E-state index is 0.00135. The number of nitrogens with one attached hydrogen (secondary N) is 2. The first-order valence-electron chi connectivity index (χ1n) is 13.1. The van der Waals surface area contributed by atoms with Gasteiger partial charge in [-0.25, -0.2) is 13.9 Å². The molecule has 2 N–H and O–H groups in total. The lowest BCUT2D eigenvalue weighted by atomic mass is 9.81. The van der Waals surface area contributed by atoms with Crippen molar-refractivity contribution in [3.63, 3.8) is 0 Å². The fourth-order valence-corrected chi connectivity index (χ4v) is 5.02. The molecular weight excluding hydrogens is 504 g/mol. The number of benzene rings is 1. The summed E-state index contributed by atoms with van der Waals surface area (Å²) in [6.07, 6.45) is 6.72. The van der Waals surface area contributed by atoms with Gasteiger partial charge in [0.25, 0.3) is 0 Å². The van der Waals surface area contributed by atoms with Crippen LogP contribution in [-0.2, 0) is 37.5 Å². The highest BCUT2D eigenvalue weighted by Gasteiger charge is 2.36. The Morgan fingerprint density at radius 1 is 0.947 bits per heavy atom. The number of aromatic nitrogens is 1. The van der Waals surface area contributed by atoms with E-state index in [9.17, 15) is 18.0 Å². The van der Waals surface area contributed by atoms with E-state index in [0.29, 0.717) is 25.7 Å². The molecule has 210 valence electrons. The maximum Gasteiger partial charge on any atom is 0.247 e. The fraction of sp³-hybridized carbons (Fsp3) is 0.536. The molecule has 0 aliphatic heterocycles. The standard InChI is InChI=1S/C28H42N4O5S/c1-21(2)17-26(27(33)30-32(19-22(3)4)38(5,35)36)25(15-9-13-23-14-10-16-29-18-23)28(34)31-37-20-24-11-7-6-8-12-24/h6-8,10-12,14,16,18,21-22,25-26H,9,13,15,17,19-20H2,1-5H3,(H,30,33)(H,31,34)/t25-,26+/m0/s1. The van der Waals surface area contributed by atoms with E-state index in [1.165, 1.54) is 0 Å². The summed E-state index contributed by atoms with van der Waals surface area (Å²) < 4.78 is 25.7. The molecule has 9 nitrogen and oxygen atoms in total. The molecule has 10 heteroatoms. The quantitative estimate of drug-likeness (QED) is 0.309. The van der Waals surface area contributed by atoms with Crippen LogP contribution in [0.25, 0.3) is 0 Å². The summed E-state index contributed by atoms with van der Waals surface area (Å²) in [5, 5.41) is 0. The molecule has 1 aromatic carbocycles. The van der Waals surface area contributed by atoms with Crippen LogP contribution >= 0.6 is 0 Å². The van der Waals surface area contributed by atoms with Crippen molar-refractivity contribution in [2.45, 2.75) is 60.0 Å². The van der Waals surface area contributed by atoms with Crippen LogP contribution < -0.4 is 10.9 Å². The van der Waals surface area contributed by atoms with Crippen molar-refractivity contribution in [1.29, 1.82) is 0 Å². The Hall–Kier alpha value is -2.82. The number of hydrogen-bond donors (Lipinski definition) is 2. The summed E-state index contributed by atoms with van der Waals surface area (Å²) in [6, 6.07) is 13.3. The molecule has 0 saturated carbocycles. The van der Waals surface area contributed by atoms with E-state index in [1.807, 2.05) is 70.2 Å². The molecule has 0 aliphatic rings. The minimum Gasteiger partial charge on any atom is -0.275 e. The monoisotopic (exact) mass is 546 g/mol. The number of hydroxylamine groups is 1. The second-order valence-corrected chi connectivity index (χ2v) is 12.4. The molecule has 38 heavy (non-hydrogen) atoms. The number of sulfonamides is 1. The minimum atomic E-state index is -3.69. The third-order valence-corrected chi connectivity index (χ3v) is 7.05. The highest BCUT2D eigenvalue weighted by atomic mass is 32.2. The fourth-order valence-electron chi connectivity index (χ4n) is 4.19. The summed E-state index contributed by atoms with van der Waals surface area (Å²) in [6.45, 7) is 8.01. The lowest BCUT2D eigenvalue weighted by Crippen LogP contribution is -2.52. The average molecular weight is 547 g/mol. The molecule has 2 atom stereocenters. The lowest BCUT2D eigenvalue weighted by molar-refractivity contribution is -0.146. The van der Waals surface area contributed by atoms with Crippen LogP contribution in [-0.4, -0.2) is 42.4 Å². The molecular formula is C28H42N4O5S. The van der Waals surface area contributed by atoms with Crippen molar-refractivity contribution in [3.8, 4) is 0 Å². The van der Waals surface area contributed by atoms with Gasteiger partial charge < -0.3 is 0 Å². The molecule has 0 bridgehead atoms. The summed E-state index contributed by atoms with van der Waals surface area (Å²) in [7, 11) is -3.69. The first-order valence-corrected chi connectivity index (χ1v) is 14.9. The zero-order chi connectivity index (χ0) is 28.1. The first-order chi connectivity index (χ1) is 18.0. The predicted molar refractivity (Wildman–Crippen MR) is 148 cm³/mol. The second kappa shape index (κ2) is 15.6. The largest absolute Gasteiger partial charge is 0.275 e. The van der Waals surface area contributed by atoms with Crippen LogP contribution in [0.5, 0.6) is 0 Å². The molecule has 0 fully saturated rings. The Morgan fingerprint density at radius 3 is 2.21 bits per heavy atom. The van der Waals surface area contributed by atoms with Gasteiger partial charge in [0.1, 0.15) is 0 Å². The van der Waals surface area contributed by atoms with Crippen LogP contribution in [0.2, 0.25) is 0 Å². The zero-order valence-corrected chi connectivity index (χ0v) is 23.9. The van der Waals surface area contributed by atoms with E-state index in [4.69, 9.17) is 4.84 Å². The van der Waals surface area contributed by atoms with E-state index in [-0.39, 0.29) is 25.0 Å². The Balaban J connectivity index is 2.23. The van der Waals surface area contributed by atoms with E-state index >= 15 is 0 Å². The molecule has 0 spiro atoms. The number of aryl methyl sites for hydroxylation is 1. The number of nitrogens with zero attached hydrogens (tertiary/aromatic N) is 2. The van der Waals surface area contributed by atoms with Gasteiger partial charge >= 0.3 is 0 Å². The van der Waals surface area contributed by atoms with Crippen LogP contribution in [0, 0.1) is 23.7 Å². The summed E-state index contributed by atoms with van der Waals surface area (Å²) in [4.78, 5) is 36.6. The van der Waals surface area contributed by atoms with E-state index in [0.717, 1.165) is 21.8 Å². The van der Waals surface area contributed by atoms with Gasteiger partial charge in [-0.3, -0.25) is 24.8 Å². The third-order valence-electron chi connectivity index (χ3n) is 6.01. The summed E-state index contributed by atoms with van der Waals surface area (Å²) >= 11 is 0. The normalized spacial score (nSPS) is 13.5. The maximum atomic E-state index is 13.5. The van der Waals surface area contributed by atoms with Crippen LogP contribution in [0.4, 0.5) is 0 Å². The Bertz CT molecular complexity index is 1090. The van der Waals surface area contributed by atoms with E-state index in [1.54, 1.807) is 12.4 Å². The predicted octanol–water partition coefficient (Wildman–Crippen LogP) is 3.88. The van der Waals surface area contributed by atoms with Gasteiger partial charge in [-0.2, -0.15) is 0 Å². The molecule has 2 amide bonds. The molecule has 0 unspecified atom stereocenters. The molecule has 0 saturated heterocycles. The third kappa shape index (κ3) is 11.3. The second-order valence-electron chi connectivity index (χ2n) is 10.5. The molecule has 0 radical (unpaired) electrons. The Kier molecular flexibility index (Phi) is 12.9. The summed E-state index contributed by atoms with van der Waals surface area (Å²) in [5.41, 5.74) is 7.07. The first kappa shape index (κ1) is 31.4. The number of carbonyl (C=O) groups excluding carboxylic acids is 2. The zero-order valence-electron chi connectivity index (χ0n) is 23.1. The number of rotatable bonds is 16. The Labute approximate surface area is 227 Å². The number of carbonyl (C=O) groups is 2. The van der Waals surface area contributed by atoms with Crippen molar-refractivity contribution in [2.75, 3.05) is 12.8 Å². The SMILES string of the molecule is CC(C)C[C@@H](C(=O)NN(CC(C)C)S(C)(=O)=O)[C@H](CCCc1cccnc1)C(=O)NOCc1ccccc1. The highest BCUT2D eigenvalue weighted by Crippen LogP contribution is 2.27.